The van der Waals surface area contributed by atoms with Crippen molar-refractivity contribution >= 4 is 10.9 Å². The molecule has 6 nitrogen and oxygen atoms in total. The molecule has 1 saturated heterocycles. The Bertz CT molecular complexity index is 891. The van der Waals surface area contributed by atoms with Gasteiger partial charge >= 0.3 is 0 Å². The SMILES string of the molecule is Cn1c(=O)cc(-c2nc(C3CCOC3)no2)c2ccccc21. The highest BCUT2D eigenvalue weighted by molar-refractivity contribution is 5.92. The van der Waals surface area contributed by atoms with Crippen LogP contribution >= 0.6 is 0 Å². The van der Waals surface area contributed by atoms with E-state index in [-0.39, 0.29) is 11.5 Å². The Morgan fingerprint density at radius 3 is 3.00 bits per heavy atom. The summed E-state index contributed by atoms with van der Waals surface area (Å²) in [5.74, 6) is 1.21. The average molecular weight is 297 g/mol. The lowest BCUT2D eigenvalue weighted by Gasteiger charge is -2.07. The van der Waals surface area contributed by atoms with Gasteiger partial charge in [0.05, 0.1) is 17.7 Å². The molecular weight excluding hydrogens is 282 g/mol. The smallest absolute Gasteiger partial charge is 0.258 e. The fourth-order valence-electron chi connectivity index (χ4n) is 2.84. The zero-order valence-corrected chi connectivity index (χ0v) is 12.2. The van der Waals surface area contributed by atoms with Gasteiger partial charge in [-0.05, 0) is 12.5 Å². The second kappa shape index (κ2) is 5.06. The highest BCUT2D eigenvalue weighted by atomic mass is 16.5. The molecule has 3 aromatic rings. The highest BCUT2D eigenvalue weighted by Crippen LogP contribution is 2.28. The predicted octanol–water partition coefficient (Wildman–Crippen LogP) is 2.09. The maximum atomic E-state index is 12.1. The van der Waals surface area contributed by atoms with E-state index in [2.05, 4.69) is 10.1 Å². The minimum Gasteiger partial charge on any atom is -0.381 e. The Morgan fingerprint density at radius 2 is 2.18 bits per heavy atom. The lowest BCUT2D eigenvalue weighted by Crippen LogP contribution is -2.16. The van der Waals surface area contributed by atoms with Gasteiger partial charge in [0.1, 0.15) is 0 Å². The molecule has 1 fully saturated rings. The summed E-state index contributed by atoms with van der Waals surface area (Å²) in [4.78, 5) is 16.6. The summed E-state index contributed by atoms with van der Waals surface area (Å²) in [6.07, 6.45) is 0.899. The van der Waals surface area contributed by atoms with E-state index in [1.54, 1.807) is 17.7 Å². The number of nitrogens with zero attached hydrogens (tertiary/aromatic N) is 3. The van der Waals surface area contributed by atoms with Crippen molar-refractivity contribution in [2.45, 2.75) is 12.3 Å². The number of fused-ring (bicyclic) bond motifs is 1. The van der Waals surface area contributed by atoms with Crippen LogP contribution in [0, 0.1) is 0 Å². The summed E-state index contributed by atoms with van der Waals surface area (Å²) in [6.45, 7) is 1.35. The molecule has 0 aliphatic carbocycles. The number of aromatic nitrogens is 3. The van der Waals surface area contributed by atoms with Crippen molar-refractivity contribution in [1.82, 2.24) is 14.7 Å². The summed E-state index contributed by atoms with van der Waals surface area (Å²) in [6, 6.07) is 9.23. The Hall–Kier alpha value is -2.47. The molecule has 0 spiro atoms. The maximum Gasteiger partial charge on any atom is 0.258 e. The summed E-state index contributed by atoms with van der Waals surface area (Å²) in [7, 11) is 1.75. The second-order valence-corrected chi connectivity index (χ2v) is 5.49. The number of aryl methyl sites for hydroxylation is 1. The molecule has 2 aromatic heterocycles. The van der Waals surface area contributed by atoms with Crippen LogP contribution in [0.3, 0.4) is 0 Å². The predicted molar refractivity (Wildman–Crippen MR) is 80.7 cm³/mol. The second-order valence-electron chi connectivity index (χ2n) is 5.49. The number of hydrogen-bond donors (Lipinski definition) is 0. The molecule has 0 amide bonds. The van der Waals surface area contributed by atoms with E-state index >= 15 is 0 Å². The number of rotatable bonds is 2. The fraction of sp³-hybridized carbons (Fsp3) is 0.312. The molecular formula is C16H15N3O3. The molecule has 1 aliphatic rings. The van der Waals surface area contributed by atoms with Crippen LogP contribution < -0.4 is 5.56 Å². The molecule has 1 aromatic carbocycles. The average Bonchev–Trinajstić information content (AvgIpc) is 3.21. The lowest BCUT2D eigenvalue weighted by molar-refractivity contribution is 0.192. The Balaban J connectivity index is 1.87. The third-order valence-electron chi connectivity index (χ3n) is 4.12. The maximum absolute atomic E-state index is 12.1. The van der Waals surface area contributed by atoms with Gasteiger partial charge in [0, 0.05) is 31.0 Å². The van der Waals surface area contributed by atoms with Crippen LogP contribution in [0.2, 0.25) is 0 Å². The molecule has 0 radical (unpaired) electrons. The van der Waals surface area contributed by atoms with E-state index in [1.165, 1.54) is 0 Å². The lowest BCUT2D eigenvalue weighted by atomic mass is 10.1. The summed E-state index contributed by atoms with van der Waals surface area (Å²) in [5.41, 5.74) is 1.42. The first-order chi connectivity index (χ1) is 10.7. The first-order valence-corrected chi connectivity index (χ1v) is 7.24. The summed E-state index contributed by atoms with van der Waals surface area (Å²) >= 11 is 0. The van der Waals surface area contributed by atoms with Gasteiger partial charge in [0.25, 0.3) is 11.4 Å². The van der Waals surface area contributed by atoms with Gasteiger partial charge in [-0.25, -0.2) is 0 Å². The number of benzene rings is 1. The zero-order chi connectivity index (χ0) is 15.1. The van der Waals surface area contributed by atoms with Crippen molar-refractivity contribution in [3.63, 3.8) is 0 Å². The minimum absolute atomic E-state index is 0.0994. The van der Waals surface area contributed by atoms with Crippen LogP contribution in [0.1, 0.15) is 18.2 Å². The Labute approximate surface area is 126 Å². The van der Waals surface area contributed by atoms with E-state index in [9.17, 15) is 4.79 Å². The van der Waals surface area contributed by atoms with Gasteiger partial charge in [0.15, 0.2) is 5.82 Å². The normalized spacial score (nSPS) is 18.1. The van der Waals surface area contributed by atoms with E-state index in [0.717, 1.165) is 23.9 Å². The van der Waals surface area contributed by atoms with Gasteiger partial charge < -0.3 is 13.8 Å². The van der Waals surface area contributed by atoms with Crippen molar-refractivity contribution in [2.24, 2.45) is 7.05 Å². The molecule has 1 aliphatic heterocycles. The molecule has 0 bridgehead atoms. The van der Waals surface area contributed by atoms with Crippen molar-refractivity contribution in [2.75, 3.05) is 13.2 Å². The molecule has 6 heteroatoms. The van der Waals surface area contributed by atoms with Gasteiger partial charge in [-0.3, -0.25) is 4.79 Å². The quantitative estimate of drug-likeness (QED) is 0.724. The third kappa shape index (κ3) is 2.03. The van der Waals surface area contributed by atoms with Crippen molar-refractivity contribution < 1.29 is 9.26 Å². The number of pyridine rings is 1. The number of hydrogen-bond acceptors (Lipinski definition) is 5. The Kier molecular flexibility index (Phi) is 3.04. The van der Waals surface area contributed by atoms with Crippen molar-refractivity contribution in [3.8, 4) is 11.5 Å². The third-order valence-corrected chi connectivity index (χ3v) is 4.12. The van der Waals surface area contributed by atoms with Crippen LogP contribution in [0.25, 0.3) is 22.4 Å². The van der Waals surface area contributed by atoms with Crippen LogP contribution in [-0.2, 0) is 11.8 Å². The van der Waals surface area contributed by atoms with Gasteiger partial charge in [-0.2, -0.15) is 4.98 Å². The molecule has 3 heterocycles. The van der Waals surface area contributed by atoms with E-state index in [1.807, 2.05) is 24.3 Å². The topological polar surface area (TPSA) is 70.2 Å². The molecule has 1 atom stereocenters. The van der Waals surface area contributed by atoms with Crippen molar-refractivity contribution in [1.29, 1.82) is 0 Å². The highest BCUT2D eigenvalue weighted by Gasteiger charge is 2.24. The van der Waals surface area contributed by atoms with Crippen LogP contribution in [0.5, 0.6) is 0 Å². The fourth-order valence-corrected chi connectivity index (χ4v) is 2.84. The van der Waals surface area contributed by atoms with Crippen LogP contribution in [-0.4, -0.2) is 27.9 Å². The minimum atomic E-state index is -0.0994. The Morgan fingerprint density at radius 1 is 1.32 bits per heavy atom. The molecule has 0 saturated carbocycles. The van der Waals surface area contributed by atoms with Crippen LogP contribution in [0.15, 0.2) is 39.6 Å². The monoisotopic (exact) mass is 297 g/mol. The van der Waals surface area contributed by atoms with Gasteiger partial charge in [-0.15, -0.1) is 0 Å². The molecule has 112 valence electrons. The van der Waals surface area contributed by atoms with Crippen molar-refractivity contribution in [3.05, 3.63) is 46.5 Å². The first-order valence-electron chi connectivity index (χ1n) is 7.24. The van der Waals surface area contributed by atoms with E-state index in [0.29, 0.717) is 23.9 Å². The number of para-hydroxylation sites is 1. The zero-order valence-electron chi connectivity index (χ0n) is 12.2. The van der Waals surface area contributed by atoms with E-state index in [4.69, 9.17) is 9.26 Å². The molecule has 22 heavy (non-hydrogen) atoms. The standard InChI is InChI=1S/C16H15N3O3/c1-19-13-5-3-2-4-11(13)12(8-14(19)20)16-17-15(18-22-16)10-6-7-21-9-10/h2-5,8,10H,6-7,9H2,1H3. The molecule has 0 N–H and O–H groups in total. The summed E-state index contributed by atoms with van der Waals surface area (Å²) < 4.78 is 12.4. The molecule has 4 rings (SSSR count). The molecule has 1 unspecified atom stereocenters. The van der Waals surface area contributed by atoms with Crippen LogP contribution in [0.4, 0.5) is 0 Å². The van der Waals surface area contributed by atoms with E-state index < -0.39 is 0 Å². The van der Waals surface area contributed by atoms with Gasteiger partial charge in [-0.1, -0.05) is 23.4 Å². The number of ether oxygens (including phenoxy) is 1. The largest absolute Gasteiger partial charge is 0.381 e. The summed E-state index contributed by atoms with van der Waals surface area (Å²) in [5, 5.41) is 4.98. The van der Waals surface area contributed by atoms with Gasteiger partial charge in [0.2, 0.25) is 0 Å². The first kappa shape index (κ1) is 13.2.